The van der Waals surface area contributed by atoms with Gasteiger partial charge in [0.15, 0.2) is 0 Å². The van der Waals surface area contributed by atoms with E-state index in [4.69, 9.17) is 20.9 Å². The van der Waals surface area contributed by atoms with E-state index in [0.717, 1.165) is 31.2 Å². The van der Waals surface area contributed by atoms with Gasteiger partial charge in [0.05, 0.1) is 13.2 Å². The van der Waals surface area contributed by atoms with Crippen LogP contribution in [0.3, 0.4) is 0 Å². The van der Waals surface area contributed by atoms with Crippen molar-refractivity contribution in [3.8, 4) is 11.2 Å². The van der Waals surface area contributed by atoms with Crippen molar-refractivity contribution in [2.24, 2.45) is 0 Å². The second-order valence-corrected chi connectivity index (χ2v) is 10.4. The number of hydrogen-bond acceptors (Lipinski definition) is 4. The lowest BCUT2D eigenvalue weighted by atomic mass is 10.2. The first-order chi connectivity index (χ1) is 10.2. The minimum atomic E-state index is -2.34. The van der Waals surface area contributed by atoms with Crippen LogP contribution in [0.2, 0.25) is 0 Å². The van der Waals surface area contributed by atoms with E-state index in [2.05, 4.69) is 25.0 Å². The molecule has 0 N–H and O–H groups in total. The molecule has 0 bridgehead atoms. The molecule has 0 amide bonds. The van der Waals surface area contributed by atoms with E-state index in [-0.39, 0.29) is 0 Å². The number of unbranched alkanes of at least 4 members (excludes halogenated alkanes) is 2. The van der Waals surface area contributed by atoms with Gasteiger partial charge in [-0.05, 0) is 42.0 Å². The van der Waals surface area contributed by atoms with Crippen LogP contribution in [-0.4, -0.2) is 13.2 Å². The molecule has 0 heterocycles. The monoisotopic (exact) mass is 342 g/mol. The number of benzene rings is 1. The second-order valence-electron chi connectivity index (χ2n) is 4.51. The molecule has 0 radical (unpaired) electrons. The standard InChI is InChI=1S/C16H23O2PS2/c1-3-5-13-17-19(20,18-14-6-4-2)21-15-12-16-10-8-7-9-11-16/h7-11H,3-6,13-14H2,1-2H3. The van der Waals surface area contributed by atoms with E-state index in [9.17, 15) is 0 Å². The normalized spacial score (nSPS) is 11.0. The van der Waals surface area contributed by atoms with Gasteiger partial charge in [-0.3, -0.25) is 0 Å². The summed E-state index contributed by atoms with van der Waals surface area (Å²) in [7, 11) is 0. The quantitative estimate of drug-likeness (QED) is 0.331. The molecule has 0 aliphatic heterocycles. The van der Waals surface area contributed by atoms with Gasteiger partial charge in [-0.1, -0.05) is 50.8 Å². The number of rotatable bonds is 9. The van der Waals surface area contributed by atoms with Crippen LogP contribution < -0.4 is 0 Å². The summed E-state index contributed by atoms with van der Waals surface area (Å²) in [6, 6.07) is 9.88. The maximum Gasteiger partial charge on any atom is 0.259 e. The summed E-state index contributed by atoms with van der Waals surface area (Å²) in [5.41, 5.74) is -1.36. The van der Waals surface area contributed by atoms with Crippen LogP contribution in [0.1, 0.15) is 45.1 Å². The molecule has 0 saturated carbocycles. The summed E-state index contributed by atoms with van der Waals surface area (Å²) >= 11 is 6.91. The van der Waals surface area contributed by atoms with E-state index in [1.807, 2.05) is 30.3 Å². The summed E-state index contributed by atoms with van der Waals surface area (Å²) < 4.78 is 11.6. The lowest BCUT2D eigenvalue weighted by molar-refractivity contribution is 0.253. The summed E-state index contributed by atoms with van der Waals surface area (Å²) in [5.74, 6) is 3.10. The molecule has 1 rings (SSSR count). The first-order valence-corrected chi connectivity index (χ1v) is 11.4. The summed E-state index contributed by atoms with van der Waals surface area (Å²) in [5, 5.41) is 3.06. The van der Waals surface area contributed by atoms with E-state index >= 15 is 0 Å². The highest BCUT2D eigenvalue weighted by molar-refractivity contribution is 8.69. The lowest BCUT2D eigenvalue weighted by Gasteiger charge is -2.18. The third kappa shape index (κ3) is 8.66. The molecule has 2 nitrogen and oxygen atoms in total. The van der Waals surface area contributed by atoms with E-state index in [0.29, 0.717) is 13.2 Å². The largest absolute Gasteiger partial charge is 0.321 e. The molecule has 116 valence electrons. The van der Waals surface area contributed by atoms with Gasteiger partial charge < -0.3 is 9.05 Å². The van der Waals surface area contributed by atoms with Crippen molar-refractivity contribution < 1.29 is 9.05 Å². The highest BCUT2D eigenvalue weighted by atomic mass is 32.9. The van der Waals surface area contributed by atoms with Crippen molar-refractivity contribution in [1.82, 2.24) is 0 Å². The van der Waals surface area contributed by atoms with Gasteiger partial charge >= 0.3 is 0 Å². The molecular weight excluding hydrogens is 319 g/mol. The third-order valence-electron chi connectivity index (χ3n) is 2.62. The fourth-order valence-electron chi connectivity index (χ4n) is 1.39. The van der Waals surface area contributed by atoms with Crippen molar-refractivity contribution in [2.75, 3.05) is 13.2 Å². The highest BCUT2D eigenvalue weighted by Crippen LogP contribution is 2.60. The maximum atomic E-state index is 5.82. The number of hydrogen-bond donors (Lipinski definition) is 0. The van der Waals surface area contributed by atoms with Crippen molar-refractivity contribution in [3.63, 3.8) is 0 Å². The first-order valence-electron chi connectivity index (χ1n) is 7.34. The van der Waals surface area contributed by atoms with Gasteiger partial charge in [-0.25, -0.2) is 0 Å². The molecule has 5 heteroatoms. The van der Waals surface area contributed by atoms with Crippen molar-refractivity contribution in [1.29, 1.82) is 0 Å². The van der Waals surface area contributed by atoms with Crippen LogP contribution in [0.4, 0.5) is 0 Å². The molecule has 0 atom stereocenters. The first kappa shape index (κ1) is 18.7. The molecule has 1 aromatic rings. The zero-order valence-corrected chi connectivity index (χ0v) is 15.2. The Bertz CT molecular complexity index is 480. The Morgan fingerprint density at radius 3 is 2.14 bits per heavy atom. The molecule has 0 aromatic heterocycles. The van der Waals surface area contributed by atoms with Crippen LogP contribution in [-0.2, 0) is 20.9 Å². The molecule has 0 saturated heterocycles. The Labute approximate surface area is 137 Å². The predicted molar refractivity (Wildman–Crippen MR) is 96.9 cm³/mol. The van der Waals surface area contributed by atoms with Gasteiger partial charge in [-0.2, -0.15) is 0 Å². The van der Waals surface area contributed by atoms with Gasteiger partial charge in [0.2, 0.25) is 0 Å². The third-order valence-corrected chi connectivity index (χ3v) is 6.92. The van der Waals surface area contributed by atoms with Gasteiger partial charge in [-0.15, -0.1) is 0 Å². The Hall–Kier alpha value is -0.300. The van der Waals surface area contributed by atoms with Crippen LogP contribution in [0.15, 0.2) is 30.3 Å². The molecular formula is C16H23O2PS2. The van der Waals surface area contributed by atoms with Gasteiger partial charge in [0.25, 0.3) is 5.69 Å². The molecule has 1 aromatic carbocycles. The van der Waals surface area contributed by atoms with Crippen LogP contribution in [0, 0.1) is 11.2 Å². The van der Waals surface area contributed by atoms with Crippen molar-refractivity contribution >= 4 is 28.9 Å². The zero-order chi connectivity index (χ0) is 15.4. The summed E-state index contributed by atoms with van der Waals surface area (Å²) in [4.78, 5) is 0. The Kier molecular flexibility index (Phi) is 10.1. The zero-order valence-electron chi connectivity index (χ0n) is 12.7. The van der Waals surface area contributed by atoms with Crippen LogP contribution in [0.25, 0.3) is 0 Å². The summed E-state index contributed by atoms with van der Waals surface area (Å²) in [6.45, 7) is 5.57. The molecule has 0 unspecified atom stereocenters. The van der Waals surface area contributed by atoms with E-state index in [1.54, 1.807) is 0 Å². The topological polar surface area (TPSA) is 18.5 Å². The fourth-order valence-corrected chi connectivity index (χ4v) is 4.57. The Morgan fingerprint density at radius 1 is 1.05 bits per heavy atom. The highest BCUT2D eigenvalue weighted by Gasteiger charge is 2.19. The molecule has 0 fully saturated rings. The Balaban J connectivity index is 2.59. The summed E-state index contributed by atoms with van der Waals surface area (Å²) in [6.07, 6.45) is 4.18. The van der Waals surface area contributed by atoms with Crippen molar-refractivity contribution in [3.05, 3.63) is 35.9 Å². The smallest absolute Gasteiger partial charge is 0.259 e. The lowest BCUT2D eigenvalue weighted by Crippen LogP contribution is -1.96. The van der Waals surface area contributed by atoms with E-state index in [1.165, 1.54) is 11.4 Å². The predicted octanol–water partition coefficient (Wildman–Crippen LogP) is 5.59. The second kappa shape index (κ2) is 11.3. The average molecular weight is 342 g/mol. The minimum Gasteiger partial charge on any atom is -0.321 e. The maximum absolute atomic E-state index is 5.82. The van der Waals surface area contributed by atoms with Crippen LogP contribution in [0.5, 0.6) is 0 Å². The fraction of sp³-hybridized carbons (Fsp3) is 0.500. The van der Waals surface area contributed by atoms with Crippen LogP contribution >= 0.6 is 17.1 Å². The Morgan fingerprint density at radius 2 is 1.62 bits per heavy atom. The SMILES string of the molecule is CCCCOP(=S)(OCCCC)SC#Cc1ccccc1. The molecule has 0 aliphatic carbocycles. The van der Waals surface area contributed by atoms with Crippen molar-refractivity contribution in [2.45, 2.75) is 39.5 Å². The molecule has 21 heavy (non-hydrogen) atoms. The molecule has 0 aliphatic rings. The van der Waals surface area contributed by atoms with Gasteiger partial charge in [0, 0.05) is 16.9 Å². The minimum absolute atomic E-state index is 0.653. The van der Waals surface area contributed by atoms with E-state index < -0.39 is 5.69 Å². The average Bonchev–Trinajstić information content (AvgIpc) is 2.49. The van der Waals surface area contributed by atoms with Gasteiger partial charge in [0.1, 0.15) is 0 Å². The molecule has 0 spiro atoms.